The second-order valence-electron chi connectivity index (χ2n) is 3.98. The van der Waals surface area contributed by atoms with E-state index in [1.807, 2.05) is 6.07 Å². The van der Waals surface area contributed by atoms with Crippen LogP contribution in [0.2, 0.25) is 0 Å². The van der Waals surface area contributed by atoms with Crippen molar-refractivity contribution in [3.05, 3.63) is 69.7 Å². The first-order valence-electron chi connectivity index (χ1n) is 5.40. The maximum Gasteiger partial charge on any atom is 0.137 e. The molecule has 2 rings (SSSR count). The molecular formula is C14H10BrClF2. The Labute approximate surface area is 118 Å². The third kappa shape index (κ3) is 3.30. The zero-order valence-corrected chi connectivity index (χ0v) is 11.7. The molecule has 0 aliphatic heterocycles. The van der Waals surface area contributed by atoms with Gasteiger partial charge in [0.2, 0.25) is 0 Å². The van der Waals surface area contributed by atoms with Crippen molar-refractivity contribution in [1.82, 2.24) is 0 Å². The molecule has 0 saturated heterocycles. The smallest absolute Gasteiger partial charge is 0.137 e. The number of benzene rings is 2. The quantitative estimate of drug-likeness (QED) is 0.674. The molecule has 0 fully saturated rings. The highest BCUT2D eigenvalue weighted by Gasteiger charge is 2.11. The summed E-state index contributed by atoms with van der Waals surface area (Å²) in [6.45, 7) is 0. The van der Waals surface area contributed by atoms with Crippen LogP contribution in [0.15, 0.2) is 46.9 Å². The van der Waals surface area contributed by atoms with Gasteiger partial charge in [0.05, 0.1) is 9.85 Å². The molecular weight excluding hydrogens is 322 g/mol. The molecule has 0 saturated carbocycles. The Bertz CT molecular complexity index is 557. The molecule has 0 N–H and O–H groups in total. The molecule has 0 spiro atoms. The van der Waals surface area contributed by atoms with Gasteiger partial charge in [0.25, 0.3) is 0 Å². The molecule has 0 nitrogen and oxygen atoms in total. The van der Waals surface area contributed by atoms with Gasteiger partial charge in [-0.15, -0.1) is 11.6 Å². The Morgan fingerprint density at radius 2 is 1.89 bits per heavy atom. The van der Waals surface area contributed by atoms with E-state index in [1.165, 1.54) is 18.2 Å². The number of hydrogen-bond acceptors (Lipinski definition) is 0. The number of alkyl halides is 1. The predicted molar refractivity (Wildman–Crippen MR) is 72.8 cm³/mol. The van der Waals surface area contributed by atoms with Gasteiger partial charge in [-0.1, -0.05) is 18.2 Å². The van der Waals surface area contributed by atoms with Gasteiger partial charge in [0, 0.05) is 0 Å². The van der Waals surface area contributed by atoms with Crippen molar-refractivity contribution in [2.45, 2.75) is 11.8 Å². The third-order valence-electron chi connectivity index (χ3n) is 2.61. The van der Waals surface area contributed by atoms with Crippen LogP contribution in [0.1, 0.15) is 16.5 Å². The molecule has 0 amide bonds. The van der Waals surface area contributed by atoms with Gasteiger partial charge < -0.3 is 0 Å². The molecule has 4 heteroatoms. The van der Waals surface area contributed by atoms with E-state index in [0.717, 1.165) is 11.1 Å². The zero-order chi connectivity index (χ0) is 13.1. The van der Waals surface area contributed by atoms with Crippen LogP contribution in [0, 0.1) is 11.6 Å². The fourth-order valence-corrected chi connectivity index (χ4v) is 2.41. The van der Waals surface area contributed by atoms with E-state index in [2.05, 4.69) is 15.9 Å². The van der Waals surface area contributed by atoms with E-state index < -0.39 is 0 Å². The van der Waals surface area contributed by atoms with Crippen LogP contribution < -0.4 is 0 Å². The first kappa shape index (κ1) is 13.5. The fraction of sp³-hybridized carbons (Fsp3) is 0.143. The predicted octanol–water partition coefficient (Wildman–Crippen LogP) is 5.25. The highest BCUT2D eigenvalue weighted by molar-refractivity contribution is 9.10. The molecule has 0 radical (unpaired) electrons. The van der Waals surface area contributed by atoms with E-state index in [4.69, 9.17) is 11.6 Å². The van der Waals surface area contributed by atoms with Crippen molar-refractivity contribution in [2.24, 2.45) is 0 Å². The van der Waals surface area contributed by atoms with Crippen LogP contribution in [-0.2, 0) is 6.42 Å². The summed E-state index contributed by atoms with van der Waals surface area (Å²) in [6.07, 6.45) is 0.497. The molecule has 2 aromatic carbocycles. The van der Waals surface area contributed by atoms with E-state index in [-0.39, 0.29) is 17.0 Å². The lowest BCUT2D eigenvalue weighted by Gasteiger charge is -2.10. The van der Waals surface area contributed by atoms with Crippen molar-refractivity contribution in [3.8, 4) is 0 Å². The summed E-state index contributed by atoms with van der Waals surface area (Å²) >= 11 is 9.37. The summed E-state index contributed by atoms with van der Waals surface area (Å²) in [4.78, 5) is 0. The molecule has 94 valence electrons. The minimum atomic E-state index is -0.326. The van der Waals surface area contributed by atoms with E-state index in [1.54, 1.807) is 18.2 Å². The Morgan fingerprint density at radius 3 is 2.56 bits per heavy atom. The standard InChI is InChI=1S/C14H10BrClF2/c15-12-8-10(4-5-14(12)18)13(16)7-9-2-1-3-11(17)6-9/h1-6,8,13H,7H2. The monoisotopic (exact) mass is 330 g/mol. The average molecular weight is 332 g/mol. The van der Waals surface area contributed by atoms with Crippen LogP contribution in [-0.4, -0.2) is 0 Å². The van der Waals surface area contributed by atoms with Crippen LogP contribution in [0.3, 0.4) is 0 Å². The van der Waals surface area contributed by atoms with Crippen molar-refractivity contribution >= 4 is 27.5 Å². The molecule has 0 bridgehead atoms. The fourth-order valence-electron chi connectivity index (χ4n) is 1.70. The first-order valence-corrected chi connectivity index (χ1v) is 6.62. The van der Waals surface area contributed by atoms with Gasteiger partial charge in [-0.2, -0.15) is 0 Å². The lowest BCUT2D eigenvalue weighted by atomic mass is 10.0. The van der Waals surface area contributed by atoms with Crippen molar-refractivity contribution in [1.29, 1.82) is 0 Å². The highest BCUT2D eigenvalue weighted by Crippen LogP contribution is 2.28. The molecule has 0 aromatic heterocycles. The van der Waals surface area contributed by atoms with Gasteiger partial charge in [0.15, 0.2) is 0 Å². The zero-order valence-electron chi connectivity index (χ0n) is 9.34. The molecule has 1 atom stereocenters. The summed E-state index contributed by atoms with van der Waals surface area (Å²) in [5.41, 5.74) is 1.62. The van der Waals surface area contributed by atoms with Crippen LogP contribution in [0.4, 0.5) is 8.78 Å². The Kier molecular flexibility index (Phi) is 4.36. The maximum atomic E-state index is 13.1. The minimum absolute atomic E-state index is 0.281. The lowest BCUT2D eigenvalue weighted by Crippen LogP contribution is -1.97. The second-order valence-corrected chi connectivity index (χ2v) is 5.36. The molecule has 1 unspecified atom stereocenters. The number of hydrogen-bond donors (Lipinski definition) is 0. The third-order valence-corrected chi connectivity index (χ3v) is 3.62. The highest BCUT2D eigenvalue weighted by atomic mass is 79.9. The summed E-state index contributed by atoms with van der Waals surface area (Å²) < 4.78 is 26.5. The minimum Gasteiger partial charge on any atom is -0.207 e. The molecule has 2 aromatic rings. The van der Waals surface area contributed by atoms with Crippen molar-refractivity contribution in [3.63, 3.8) is 0 Å². The molecule has 18 heavy (non-hydrogen) atoms. The van der Waals surface area contributed by atoms with Crippen molar-refractivity contribution in [2.75, 3.05) is 0 Å². The topological polar surface area (TPSA) is 0 Å². The molecule has 0 aliphatic carbocycles. The largest absolute Gasteiger partial charge is 0.207 e. The first-order chi connectivity index (χ1) is 8.56. The van der Waals surface area contributed by atoms with E-state index in [0.29, 0.717) is 10.9 Å². The maximum absolute atomic E-state index is 13.1. The molecule has 0 heterocycles. The van der Waals surface area contributed by atoms with Gasteiger partial charge in [-0.25, -0.2) is 8.78 Å². The van der Waals surface area contributed by atoms with Crippen LogP contribution in [0.5, 0.6) is 0 Å². The van der Waals surface area contributed by atoms with Crippen LogP contribution >= 0.6 is 27.5 Å². The Balaban J connectivity index is 2.16. The van der Waals surface area contributed by atoms with Gasteiger partial charge in [-0.05, 0) is 57.7 Å². The van der Waals surface area contributed by atoms with Crippen molar-refractivity contribution < 1.29 is 8.78 Å². The summed E-state index contributed by atoms with van der Waals surface area (Å²) in [5.74, 6) is -0.606. The van der Waals surface area contributed by atoms with E-state index >= 15 is 0 Å². The molecule has 0 aliphatic rings. The number of rotatable bonds is 3. The van der Waals surface area contributed by atoms with Gasteiger partial charge >= 0.3 is 0 Å². The van der Waals surface area contributed by atoms with Crippen LogP contribution in [0.25, 0.3) is 0 Å². The van der Waals surface area contributed by atoms with Gasteiger partial charge in [-0.3, -0.25) is 0 Å². The Morgan fingerprint density at radius 1 is 1.11 bits per heavy atom. The summed E-state index contributed by atoms with van der Waals surface area (Å²) in [6, 6.07) is 10.9. The number of halogens is 4. The SMILES string of the molecule is Fc1cccc(CC(Cl)c2ccc(F)c(Br)c2)c1. The second kappa shape index (κ2) is 5.81. The van der Waals surface area contributed by atoms with Gasteiger partial charge in [0.1, 0.15) is 11.6 Å². The Hall–Kier alpha value is -0.930. The average Bonchev–Trinajstić information content (AvgIpc) is 2.32. The lowest BCUT2D eigenvalue weighted by molar-refractivity contribution is 0.619. The van der Waals surface area contributed by atoms with E-state index in [9.17, 15) is 8.78 Å². The summed E-state index contributed by atoms with van der Waals surface area (Å²) in [7, 11) is 0. The normalized spacial score (nSPS) is 12.4. The summed E-state index contributed by atoms with van der Waals surface area (Å²) in [5, 5.41) is -0.316.